The van der Waals surface area contributed by atoms with Gasteiger partial charge in [0.25, 0.3) is 0 Å². The lowest BCUT2D eigenvalue weighted by Gasteiger charge is -2.25. The monoisotopic (exact) mass is 226 g/mol. The molecule has 0 bridgehead atoms. The zero-order chi connectivity index (χ0) is 11.1. The summed E-state index contributed by atoms with van der Waals surface area (Å²) in [5, 5.41) is 4.31. The van der Waals surface area contributed by atoms with Gasteiger partial charge in [-0.05, 0) is 34.7 Å². The minimum Gasteiger partial charge on any atom is -0.271 e. The Bertz CT molecular complexity index is 246. The summed E-state index contributed by atoms with van der Waals surface area (Å²) >= 11 is 1.74. The first-order valence-electron chi connectivity index (χ1n) is 5.81. The summed E-state index contributed by atoms with van der Waals surface area (Å²) < 4.78 is 0. The number of hydrazine groups is 1. The zero-order valence-corrected chi connectivity index (χ0v) is 10.5. The number of nitrogens with one attached hydrogen (secondary N) is 1. The molecule has 2 nitrogen and oxygen atoms in total. The molecular formula is C12H22N2S. The first kappa shape index (κ1) is 12.7. The Balaban J connectivity index is 2.62. The zero-order valence-electron chi connectivity index (χ0n) is 9.70. The molecule has 0 aliphatic rings. The molecule has 2 atom stereocenters. The van der Waals surface area contributed by atoms with Crippen LogP contribution in [0.1, 0.15) is 51.1 Å². The highest BCUT2D eigenvalue weighted by molar-refractivity contribution is 7.07. The van der Waals surface area contributed by atoms with E-state index in [1.165, 1.54) is 31.2 Å². The number of thiophene rings is 1. The molecule has 1 aromatic heterocycles. The van der Waals surface area contributed by atoms with Gasteiger partial charge < -0.3 is 0 Å². The molecule has 0 radical (unpaired) electrons. The van der Waals surface area contributed by atoms with Crippen molar-refractivity contribution in [1.82, 2.24) is 5.43 Å². The standard InChI is InChI=1S/C12H22N2S/c1-3-5-6-10(4-2)12(14-13)11-7-8-15-9-11/h7-10,12,14H,3-6,13H2,1-2H3. The second kappa shape index (κ2) is 6.99. The Morgan fingerprint density at radius 2 is 2.27 bits per heavy atom. The molecule has 0 amide bonds. The third kappa shape index (κ3) is 3.59. The average Bonchev–Trinajstić information content (AvgIpc) is 2.77. The molecular weight excluding hydrogens is 204 g/mol. The summed E-state index contributed by atoms with van der Waals surface area (Å²) in [5.41, 5.74) is 4.31. The second-order valence-electron chi connectivity index (χ2n) is 4.01. The van der Waals surface area contributed by atoms with E-state index in [1.807, 2.05) is 0 Å². The van der Waals surface area contributed by atoms with Crippen LogP contribution in [0.15, 0.2) is 16.8 Å². The predicted octanol–water partition coefficient (Wildman–Crippen LogP) is 3.47. The maximum atomic E-state index is 5.67. The van der Waals surface area contributed by atoms with Crippen molar-refractivity contribution in [3.8, 4) is 0 Å². The smallest absolute Gasteiger partial charge is 0.0496 e. The van der Waals surface area contributed by atoms with Gasteiger partial charge >= 0.3 is 0 Å². The van der Waals surface area contributed by atoms with Gasteiger partial charge in [0.05, 0.1) is 0 Å². The summed E-state index contributed by atoms with van der Waals surface area (Å²) in [6.45, 7) is 4.49. The molecule has 0 saturated carbocycles. The highest BCUT2D eigenvalue weighted by atomic mass is 32.1. The number of hydrogen-bond acceptors (Lipinski definition) is 3. The van der Waals surface area contributed by atoms with E-state index in [0.29, 0.717) is 12.0 Å². The van der Waals surface area contributed by atoms with Gasteiger partial charge in [-0.3, -0.25) is 11.3 Å². The molecule has 0 aliphatic heterocycles. The van der Waals surface area contributed by atoms with Crippen molar-refractivity contribution in [2.75, 3.05) is 0 Å². The van der Waals surface area contributed by atoms with Crippen molar-refractivity contribution in [3.05, 3.63) is 22.4 Å². The van der Waals surface area contributed by atoms with Gasteiger partial charge in [0.1, 0.15) is 0 Å². The van der Waals surface area contributed by atoms with E-state index in [1.54, 1.807) is 11.3 Å². The molecule has 0 fully saturated rings. The van der Waals surface area contributed by atoms with E-state index in [9.17, 15) is 0 Å². The van der Waals surface area contributed by atoms with Crippen LogP contribution in [-0.4, -0.2) is 0 Å². The van der Waals surface area contributed by atoms with Crippen LogP contribution in [0.25, 0.3) is 0 Å². The molecule has 0 saturated heterocycles. The number of unbranched alkanes of at least 4 members (excludes halogenated alkanes) is 1. The van der Waals surface area contributed by atoms with Gasteiger partial charge in [0.2, 0.25) is 0 Å². The third-order valence-electron chi connectivity index (χ3n) is 3.01. The van der Waals surface area contributed by atoms with Crippen LogP contribution in [0.3, 0.4) is 0 Å². The third-order valence-corrected chi connectivity index (χ3v) is 3.71. The second-order valence-corrected chi connectivity index (χ2v) is 4.79. The Labute approximate surface area is 96.9 Å². The first-order chi connectivity index (χ1) is 7.33. The molecule has 15 heavy (non-hydrogen) atoms. The van der Waals surface area contributed by atoms with Crippen LogP contribution in [0.2, 0.25) is 0 Å². The summed E-state index contributed by atoms with van der Waals surface area (Å²) in [6, 6.07) is 2.50. The lowest BCUT2D eigenvalue weighted by Crippen LogP contribution is -2.33. The number of rotatable bonds is 7. The number of hydrogen-bond donors (Lipinski definition) is 2. The van der Waals surface area contributed by atoms with Crippen LogP contribution < -0.4 is 11.3 Å². The minimum atomic E-state index is 0.327. The summed E-state index contributed by atoms with van der Waals surface area (Å²) in [7, 11) is 0. The lowest BCUT2D eigenvalue weighted by atomic mass is 9.88. The Kier molecular flexibility index (Phi) is 5.91. The fraction of sp³-hybridized carbons (Fsp3) is 0.667. The highest BCUT2D eigenvalue weighted by Crippen LogP contribution is 2.29. The molecule has 86 valence electrons. The van der Waals surface area contributed by atoms with Crippen LogP contribution >= 0.6 is 11.3 Å². The van der Waals surface area contributed by atoms with Crippen LogP contribution in [0, 0.1) is 5.92 Å². The topological polar surface area (TPSA) is 38.0 Å². The van der Waals surface area contributed by atoms with Gasteiger partial charge in [-0.2, -0.15) is 11.3 Å². The van der Waals surface area contributed by atoms with E-state index in [-0.39, 0.29) is 0 Å². The van der Waals surface area contributed by atoms with Crippen LogP contribution in [-0.2, 0) is 0 Å². The van der Waals surface area contributed by atoms with Crippen LogP contribution in [0.5, 0.6) is 0 Å². The average molecular weight is 226 g/mol. The Hall–Kier alpha value is -0.380. The van der Waals surface area contributed by atoms with E-state index >= 15 is 0 Å². The maximum absolute atomic E-state index is 5.67. The van der Waals surface area contributed by atoms with Gasteiger partial charge in [0, 0.05) is 6.04 Å². The van der Waals surface area contributed by atoms with Crippen molar-refractivity contribution >= 4 is 11.3 Å². The van der Waals surface area contributed by atoms with Gasteiger partial charge in [-0.25, -0.2) is 0 Å². The summed E-state index contributed by atoms with van der Waals surface area (Å²) in [5.74, 6) is 6.32. The SMILES string of the molecule is CCCCC(CC)C(NN)c1ccsc1. The molecule has 0 aromatic carbocycles. The highest BCUT2D eigenvalue weighted by Gasteiger charge is 2.20. The minimum absolute atomic E-state index is 0.327. The molecule has 1 aromatic rings. The van der Waals surface area contributed by atoms with Crippen molar-refractivity contribution < 1.29 is 0 Å². The molecule has 3 N–H and O–H groups in total. The molecule has 3 heteroatoms. The van der Waals surface area contributed by atoms with Crippen molar-refractivity contribution in [2.45, 2.75) is 45.6 Å². The Morgan fingerprint density at radius 3 is 2.73 bits per heavy atom. The molecule has 0 spiro atoms. The van der Waals surface area contributed by atoms with E-state index in [4.69, 9.17) is 5.84 Å². The summed E-state index contributed by atoms with van der Waals surface area (Å²) in [6.07, 6.45) is 5.00. The molecule has 2 unspecified atom stereocenters. The molecule has 0 aliphatic carbocycles. The predicted molar refractivity (Wildman–Crippen MR) is 67.7 cm³/mol. The first-order valence-corrected chi connectivity index (χ1v) is 6.75. The van der Waals surface area contributed by atoms with Gasteiger partial charge in [-0.1, -0.05) is 33.1 Å². The fourth-order valence-corrected chi connectivity index (χ4v) is 2.73. The summed E-state index contributed by atoms with van der Waals surface area (Å²) in [4.78, 5) is 0. The van der Waals surface area contributed by atoms with Gasteiger partial charge in [0.15, 0.2) is 0 Å². The molecule has 1 heterocycles. The van der Waals surface area contributed by atoms with Crippen molar-refractivity contribution in [1.29, 1.82) is 0 Å². The molecule has 1 rings (SSSR count). The van der Waals surface area contributed by atoms with E-state index in [0.717, 1.165) is 0 Å². The quantitative estimate of drug-likeness (QED) is 0.552. The fourth-order valence-electron chi connectivity index (χ4n) is 2.03. The van der Waals surface area contributed by atoms with Crippen LogP contribution in [0.4, 0.5) is 0 Å². The van der Waals surface area contributed by atoms with E-state index < -0.39 is 0 Å². The van der Waals surface area contributed by atoms with Crippen molar-refractivity contribution in [3.63, 3.8) is 0 Å². The lowest BCUT2D eigenvalue weighted by molar-refractivity contribution is 0.327. The van der Waals surface area contributed by atoms with E-state index in [2.05, 4.69) is 36.1 Å². The van der Waals surface area contributed by atoms with Gasteiger partial charge in [-0.15, -0.1) is 0 Å². The normalized spacial score (nSPS) is 15.1. The van der Waals surface area contributed by atoms with Crippen molar-refractivity contribution in [2.24, 2.45) is 11.8 Å². The largest absolute Gasteiger partial charge is 0.271 e. The Morgan fingerprint density at radius 1 is 1.47 bits per heavy atom. The number of nitrogens with two attached hydrogens (primary N) is 1. The maximum Gasteiger partial charge on any atom is 0.0496 e.